The van der Waals surface area contributed by atoms with E-state index >= 15 is 0 Å². The first-order valence-electron chi connectivity index (χ1n) is 7.87. The monoisotopic (exact) mass is 373 g/mol. The predicted molar refractivity (Wildman–Crippen MR) is 89.7 cm³/mol. The van der Waals surface area contributed by atoms with Gasteiger partial charge in [0.15, 0.2) is 23.2 Å². The zero-order valence-electron chi connectivity index (χ0n) is 13.6. The van der Waals surface area contributed by atoms with Gasteiger partial charge in [-0.3, -0.25) is 4.57 Å². The Morgan fingerprint density at radius 1 is 1.19 bits per heavy atom. The molecule has 0 radical (unpaired) electrons. The Morgan fingerprint density at radius 3 is 2.70 bits per heavy atom. The molecule has 3 aromatic rings. The van der Waals surface area contributed by atoms with E-state index in [-0.39, 0.29) is 22.7 Å². The molecule has 3 N–H and O–H groups in total. The van der Waals surface area contributed by atoms with Crippen molar-refractivity contribution in [2.45, 2.75) is 24.5 Å². The van der Waals surface area contributed by atoms with Crippen molar-refractivity contribution in [2.75, 3.05) is 5.32 Å². The average molecular weight is 373 g/mol. The number of hydrogen-bond donors (Lipinski definition) is 3. The van der Waals surface area contributed by atoms with Gasteiger partial charge < -0.3 is 20.3 Å². The van der Waals surface area contributed by atoms with E-state index in [0.29, 0.717) is 0 Å². The largest absolute Gasteiger partial charge is 0.386 e. The number of nitrogens with zero attached hydrogens (tertiary/aromatic N) is 4. The molecule has 0 bridgehead atoms. The smallest absolute Gasteiger partial charge is 0.167 e. The Morgan fingerprint density at radius 2 is 2.00 bits per heavy atom. The number of terminal acetylenes is 1. The minimum absolute atomic E-state index is 0.00548. The van der Waals surface area contributed by atoms with Crippen LogP contribution >= 0.6 is 0 Å². The third-order valence-corrected chi connectivity index (χ3v) is 4.22. The van der Waals surface area contributed by atoms with Gasteiger partial charge in [0.2, 0.25) is 0 Å². The maximum Gasteiger partial charge on any atom is 0.167 e. The normalized spacial score (nSPS) is 24.9. The third-order valence-electron chi connectivity index (χ3n) is 4.22. The van der Waals surface area contributed by atoms with Crippen LogP contribution in [0.4, 0.5) is 20.3 Å². The van der Waals surface area contributed by atoms with Gasteiger partial charge in [0.05, 0.1) is 12.0 Å². The molecule has 1 aliphatic heterocycles. The average Bonchev–Trinajstić information content (AvgIpc) is 3.20. The first-order chi connectivity index (χ1) is 13.0. The Balaban J connectivity index is 1.71. The topological polar surface area (TPSA) is 105 Å². The fourth-order valence-electron chi connectivity index (χ4n) is 2.87. The summed E-state index contributed by atoms with van der Waals surface area (Å²) in [6.07, 6.45) is 3.30. The van der Waals surface area contributed by atoms with Crippen LogP contribution in [0.5, 0.6) is 0 Å². The van der Waals surface area contributed by atoms with Gasteiger partial charge in [0.25, 0.3) is 0 Å². The molecule has 3 heterocycles. The number of ether oxygens (including phenoxy) is 1. The fourth-order valence-corrected chi connectivity index (χ4v) is 2.87. The van der Waals surface area contributed by atoms with E-state index in [2.05, 4.69) is 26.2 Å². The molecule has 1 aromatic carbocycles. The molecule has 0 amide bonds. The third kappa shape index (κ3) is 2.87. The second kappa shape index (κ2) is 6.55. The van der Waals surface area contributed by atoms with Crippen LogP contribution in [0.2, 0.25) is 0 Å². The summed E-state index contributed by atoms with van der Waals surface area (Å²) in [6.45, 7) is 0. The SMILES string of the molecule is C#C[C@H]1O[C@@H](n2cnc3c(Nc4ccc(F)cc4F)ncnc32)[C@H](O)[C@@H]1O. The number of anilines is 2. The number of rotatable bonds is 3. The van der Waals surface area contributed by atoms with E-state index in [0.717, 1.165) is 12.1 Å². The minimum atomic E-state index is -1.29. The van der Waals surface area contributed by atoms with Crippen LogP contribution in [-0.2, 0) is 4.74 Å². The van der Waals surface area contributed by atoms with E-state index in [1.807, 2.05) is 0 Å². The quantitative estimate of drug-likeness (QED) is 0.591. The molecule has 0 spiro atoms. The lowest BCUT2D eigenvalue weighted by atomic mass is 10.1. The van der Waals surface area contributed by atoms with Crippen LogP contribution in [0, 0.1) is 24.0 Å². The summed E-state index contributed by atoms with van der Waals surface area (Å²) in [5.41, 5.74) is 0.533. The first-order valence-corrected chi connectivity index (χ1v) is 7.87. The van der Waals surface area contributed by atoms with Crippen molar-refractivity contribution < 1.29 is 23.7 Å². The van der Waals surface area contributed by atoms with Gasteiger partial charge in [-0.2, -0.15) is 0 Å². The summed E-state index contributed by atoms with van der Waals surface area (Å²) in [7, 11) is 0. The van der Waals surface area contributed by atoms with Gasteiger partial charge in [0.1, 0.15) is 36.3 Å². The zero-order valence-corrected chi connectivity index (χ0v) is 13.6. The van der Waals surface area contributed by atoms with Gasteiger partial charge in [0, 0.05) is 6.07 Å². The van der Waals surface area contributed by atoms with Crippen LogP contribution in [0.3, 0.4) is 0 Å². The summed E-state index contributed by atoms with van der Waals surface area (Å²) >= 11 is 0. The number of aromatic nitrogens is 4. The summed E-state index contributed by atoms with van der Waals surface area (Å²) in [5.74, 6) is 0.927. The highest BCUT2D eigenvalue weighted by Crippen LogP contribution is 2.32. The van der Waals surface area contributed by atoms with Gasteiger partial charge >= 0.3 is 0 Å². The number of aliphatic hydroxyl groups excluding tert-OH is 2. The highest BCUT2D eigenvalue weighted by Gasteiger charge is 2.43. The van der Waals surface area contributed by atoms with E-state index in [1.54, 1.807) is 0 Å². The lowest BCUT2D eigenvalue weighted by Gasteiger charge is -2.16. The number of halogens is 2. The summed E-state index contributed by atoms with van der Waals surface area (Å²) in [6, 6.07) is 3.07. The maximum atomic E-state index is 13.9. The molecule has 0 saturated carbocycles. The molecule has 1 fully saturated rings. The number of benzene rings is 1. The van der Waals surface area contributed by atoms with Crippen molar-refractivity contribution in [2.24, 2.45) is 0 Å². The molecule has 0 unspecified atom stereocenters. The molecular weight excluding hydrogens is 360 g/mol. The maximum absolute atomic E-state index is 13.9. The van der Waals surface area contributed by atoms with Gasteiger partial charge in [-0.15, -0.1) is 6.42 Å². The number of nitrogens with one attached hydrogen (secondary N) is 1. The van der Waals surface area contributed by atoms with Gasteiger partial charge in [-0.05, 0) is 12.1 Å². The van der Waals surface area contributed by atoms with Gasteiger partial charge in [-0.1, -0.05) is 5.92 Å². The highest BCUT2D eigenvalue weighted by atomic mass is 19.1. The molecule has 1 saturated heterocycles. The zero-order chi connectivity index (χ0) is 19.1. The number of imidazole rings is 1. The summed E-state index contributed by atoms with van der Waals surface area (Å²) < 4.78 is 33.8. The molecule has 2 aromatic heterocycles. The van der Waals surface area contributed by atoms with Crippen LogP contribution in [0.1, 0.15) is 6.23 Å². The van der Waals surface area contributed by atoms with Crippen LogP contribution in [-0.4, -0.2) is 48.0 Å². The number of fused-ring (bicyclic) bond motifs is 1. The number of aliphatic hydroxyl groups is 2. The first kappa shape index (κ1) is 17.3. The van der Waals surface area contributed by atoms with E-state index < -0.39 is 36.2 Å². The molecule has 1 aliphatic rings. The fraction of sp³-hybridized carbons (Fsp3) is 0.235. The van der Waals surface area contributed by atoms with Crippen molar-refractivity contribution >= 4 is 22.7 Å². The molecule has 10 heteroatoms. The minimum Gasteiger partial charge on any atom is -0.386 e. The van der Waals surface area contributed by atoms with Crippen molar-refractivity contribution in [1.29, 1.82) is 0 Å². The van der Waals surface area contributed by atoms with Crippen LogP contribution in [0.15, 0.2) is 30.9 Å². The molecular formula is C17H13F2N5O3. The Bertz CT molecular complexity index is 1050. The summed E-state index contributed by atoms with van der Waals surface area (Å²) in [4.78, 5) is 12.3. The molecule has 27 heavy (non-hydrogen) atoms. The van der Waals surface area contributed by atoms with Crippen molar-refractivity contribution in [1.82, 2.24) is 19.5 Å². The number of hydrogen-bond acceptors (Lipinski definition) is 7. The molecule has 0 aliphatic carbocycles. The Hall–Kier alpha value is -3.13. The molecule has 4 atom stereocenters. The van der Waals surface area contributed by atoms with E-state index in [1.165, 1.54) is 23.3 Å². The van der Waals surface area contributed by atoms with Crippen LogP contribution in [0.25, 0.3) is 11.2 Å². The molecule has 8 nitrogen and oxygen atoms in total. The highest BCUT2D eigenvalue weighted by molar-refractivity contribution is 5.85. The predicted octanol–water partition coefficient (Wildman–Crippen LogP) is 1.10. The lowest BCUT2D eigenvalue weighted by molar-refractivity contribution is -0.0230. The summed E-state index contributed by atoms with van der Waals surface area (Å²) in [5, 5.41) is 22.9. The standard InChI is InChI=1S/C17H13F2N5O3/c1-2-11-13(25)14(26)17(27-11)24-7-22-12-15(20-6-21-16(12)24)23-10-4-3-8(18)5-9(10)19/h1,3-7,11,13-14,17,25-26H,(H,20,21,23)/t11-,13-,14-,17-/m1/s1. The lowest BCUT2D eigenvalue weighted by Crippen LogP contribution is -2.30. The molecule has 138 valence electrons. The Labute approximate surface area is 151 Å². The van der Waals surface area contributed by atoms with E-state index in [4.69, 9.17) is 11.2 Å². The Kier molecular flexibility index (Phi) is 4.19. The van der Waals surface area contributed by atoms with Crippen molar-refractivity contribution in [3.63, 3.8) is 0 Å². The second-order valence-corrected chi connectivity index (χ2v) is 5.89. The second-order valence-electron chi connectivity index (χ2n) is 5.89. The van der Waals surface area contributed by atoms with E-state index in [9.17, 15) is 19.0 Å². The van der Waals surface area contributed by atoms with Crippen molar-refractivity contribution in [3.8, 4) is 12.3 Å². The van der Waals surface area contributed by atoms with Crippen LogP contribution < -0.4 is 5.32 Å². The van der Waals surface area contributed by atoms with Crippen molar-refractivity contribution in [3.05, 3.63) is 42.5 Å². The van der Waals surface area contributed by atoms with Gasteiger partial charge in [-0.25, -0.2) is 23.7 Å². The molecule has 4 rings (SSSR count).